The highest BCUT2D eigenvalue weighted by atomic mass is 16.5. The summed E-state index contributed by atoms with van der Waals surface area (Å²) in [7, 11) is 0. The van der Waals surface area contributed by atoms with Gasteiger partial charge in [-0.3, -0.25) is 19.4 Å². The second-order valence-corrected chi connectivity index (χ2v) is 7.93. The van der Waals surface area contributed by atoms with E-state index in [-0.39, 0.29) is 37.3 Å². The van der Waals surface area contributed by atoms with E-state index in [0.717, 1.165) is 6.42 Å². The Kier molecular flexibility index (Phi) is 6.78. The molecule has 3 fully saturated rings. The van der Waals surface area contributed by atoms with Gasteiger partial charge in [-0.1, -0.05) is 0 Å². The first-order chi connectivity index (χ1) is 15.5. The fraction of sp³-hybridized carbons (Fsp3) is 0.600. The minimum absolute atomic E-state index is 0.0301. The van der Waals surface area contributed by atoms with Gasteiger partial charge in [0.15, 0.2) is 0 Å². The Balaban J connectivity index is 1.51. The highest BCUT2D eigenvalue weighted by Crippen LogP contribution is 2.17. The lowest BCUT2D eigenvalue weighted by molar-refractivity contribution is -0.133. The predicted molar refractivity (Wildman–Crippen MR) is 110 cm³/mol. The lowest BCUT2D eigenvalue weighted by atomic mass is 10.0. The fourth-order valence-corrected chi connectivity index (χ4v) is 4.11. The number of hydrogen-bond acceptors (Lipinski definition) is 7. The summed E-state index contributed by atoms with van der Waals surface area (Å²) in [6.07, 6.45) is 5.50. The first-order valence-electron chi connectivity index (χ1n) is 10.8. The molecule has 0 aromatic carbocycles. The molecular weight excluding hydrogens is 418 g/mol. The number of piperidine rings is 1. The summed E-state index contributed by atoms with van der Waals surface area (Å²) in [4.78, 5) is 64.1. The van der Waals surface area contributed by atoms with E-state index in [0.29, 0.717) is 39.3 Å². The fourth-order valence-electron chi connectivity index (χ4n) is 4.11. The minimum atomic E-state index is -0.946. The van der Waals surface area contributed by atoms with Crippen molar-refractivity contribution in [1.82, 2.24) is 35.3 Å². The van der Waals surface area contributed by atoms with E-state index in [2.05, 4.69) is 20.6 Å². The number of carbonyl (C=O) groups is 4. The average Bonchev–Trinajstić information content (AvgIpc) is 2.85. The molecule has 1 aromatic rings. The van der Waals surface area contributed by atoms with E-state index in [9.17, 15) is 19.2 Å². The molecule has 3 saturated heterocycles. The topological polar surface area (TPSA) is 137 Å². The molecule has 0 unspecified atom stereocenters. The Hall–Kier alpha value is -3.28. The first-order valence-corrected chi connectivity index (χ1v) is 10.8. The van der Waals surface area contributed by atoms with Crippen LogP contribution in [0.15, 0.2) is 18.6 Å². The van der Waals surface area contributed by atoms with Crippen molar-refractivity contribution in [2.45, 2.75) is 24.9 Å². The van der Waals surface area contributed by atoms with Gasteiger partial charge in [0.1, 0.15) is 17.8 Å². The van der Waals surface area contributed by atoms with Crippen molar-refractivity contribution in [3.63, 3.8) is 0 Å². The Bertz CT molecular complexity index is 861. The lowest BCUT2D eigenvalue weighted by Gasteiger charge is -2.42. The highest BCUT2D eigenvalue weighted by molar-refractivity contribution is 5.97. The van der Waals surface area contributed by atoms with Crippen LogP contribution in [-0.2, 0) is 14.3 Å². The van der Waals surface area contributed by atoms with Gasteiger partial charge in [-0.2, -0.15) is 0 Å². The van der Waals surface area contributed by atoms with Crippen molar-refractivity contribution in [2.75, 3.05) is 52.5 Å². The second kappa shape index (κ2) is 9.90. The molecule has 2 N–H and O–H groups in total. The highest BCUT2D eigenvalue weighted by Gasteiger charge is 2.40. The van der Waals surface area contributed by atoms with E-state index >= 15 is 0 Å². The van der Waals surface area contributed by atoms with Crippen LogP contribution < -0.4 is 10.6 Å². The molecule has 172 valence electrons. The average molecular weight is 445 g/mol. The maximum atomic E-state index is 13.2. The van der Waals surface area contributed by atoms with Gasteiger partial charge in [0.2, 0.25) is 11.8 Å². The number of nitrogens with zero attached hydrogens (tertiary/aromatic N) is 5. The Morgan fingerprint density at radius 1 is 1.09 bits per heavy atom. The number of rotatable bonds is 3. The summed E-state index contributed by atoms with van der Waals surface area (Å²) >= 11 is 0. The summed E-state index contributed by atoms with van der Waals surface area (Å²) < 4.78 is 5.31. The third kappa shape index (κ3) is 4.79. The Morgan fingerprint density at radius 3 is 2.62 bits per heavy atom. The van der Waals surface area contributed by atoms with Crippen molar-refractivity contribution in [1.29, 1.82) is 0 Å². The monoisotopic (exact) mass is 445 g/mol. The van der Waals surface area contributed by atoms with E-state index in [1.165, 1.54) is 23.5 Å². The molecular formula is C20H27N7O5. The quantitative estimate of drug-likeness (QED) is 0.575. The van der Waals surface area contributed by atoms with Crippen LogP contribution in [-0.4, -0.2) is 113 Å². The molecule has 4 rings (SSSR count). The zero-order valence-electron chi connectivity index (χ0n) is 17.7. The molecule has 2 atom stereocenters. The largest absolute Gasteiger partial charge is 0.378 e. The smallest absolute Gasteiger partial charge is 0.320 e. The van der Waals surface area contributed by atoms with E-state index in [4.69, 9.17) is 4.74 Å². The SMILES string of the molecule is O=C1NCCC[C@@H]1NC(=O)[C@@H]1CN(C(=O)N2CCOCC2)CCN1C(=O)c1cnccn1. The maximum absolute atomic E-state index is 13.2. The Morgan fingerprint density at radius 2 is 1.91 bits per heavy atom. The number of amides is 5. The van der Waals surface area contributed by atoms with Crippen molar-refractivity contribution < 1.29 is 23.9 Å². The molecule has 0 spiro atoms. The molecule has 5 amide bonds. The molecule has 0 saturated carbocycles. The van der Waals surface area contributed by atoms with Crippen molar-refractivity contribution in [3.05, 3.63) is 24.3 Å². The van der Waals surface area contributed by atoms with Gasteiger partial charge in [-0.15, -0.1) is 0 Å². The summed E-state index contributed by atoms with van der Waals surface area (Å²) in [5, 5.41) is 5.50. The maximum Gasteiger partial charge on any atom is 0.320 e. The van der Waals surface area contributed by atoms with Crippen molar-refractivity contribution in [2.24, 2.45) is 0 Å². The van der Waals surface area contributed by atoms with Gasteiger partial charge >= 0.3 is 6.03 Å². The van der Waals surface area contributed by atoms with Crippen LogP contribution in [0.1, 0.15) is 23.3 Å². The predicted octanol–water partition coefficient (Wildman–Crippen LogP) is -1.55. The van der Waals surface area contributed by atoms with Crippen LogP contribution >= 0.6 is 0 Å². The molecule has 12 heteroatoms. The number of hydrogen-bond donors (Lipinski definition) is 2. The third-order valence-corrected chi connectivity index (χ3v) is 5.88. The third-order valence-electron chi connectivity index (χ3n) is 5.88. The van der Waals surface area contributed by atoms with Gasteiger partial charge in [0.25, 0.3) is 5.91 Å². The minimum Gasteiger partial charge on any atom is -0.378 e. The van der Waals surface area contributed by atoms with Crippen LogP contribution in [0.3, 0.4) is 0 Å². The van der Waals surface area contributed by atoms with E-state index in [1.807, 2.05) is 0 Å². The lowest BCUT2D eigenvalue weighted by Crippen LogP contribution is -2.65. The van der Waals surface area contributed by atoms with Crippen LogP contribution in [0.5, 0.6) is 0 Å². The standard InChI is InChI=1S/C20H27N7O5/c28-17-14(2-1-3-23-17)24-18(29)16-13-26(20(31)25-8-10-32-11-9-25)6-7-27(16)19(30)15-12-21-4-5-22-15/h4-5,12,14,16H,1-3,6-11,13H2,(H,23,28)(H,24,29)/t14-,16-/m0/s1. The zero-order chi connectivity index (χ0) is 22.5. The van der Waals surface area contributed by atoms with Crippen molar-refractivity contribution in [3.8, 4) is 0 Å². The van der Waals surface area contributed by atoms with Gasteiger partial charge in [-0.05, 0) is 12.8 Å². The molecule has 3 aliphatic heterocycles. The van der Waals surface area contributed by atoms with E-state index in [1.54, 1.807) is 9.80 Å². The van der Waals surface area contributed by atoms with Crippen molar-refractivity contribution >= 4 is 23.8 Å². The number of ether oxygens (including phenoxy) is 1. The van der Waals surface area contributed by atoms with Crippen LogP contribution in [0, 0.1) is 0 Å². The van der Waals surface area contributed by atoms with E-state index < -0.39 is 23.9 Å². The molecule has 0 aliphatic carbocycles. The molecule has 4 heterocycles. The second-order valence-electron chi connectivity index (χ2n) is 7.93. The van der Waals surface area contributed by atoms with Gasteiger partial charge < -0.3 is 30.1 Å². The normalized spacial score (nSPS) is 24.0. The van der Waals surface area contributed by atoms with Gasteiger partial charge in [0, 0.05) is 45.1 Å². The van der Waals surface area contributed by atoms with Gasteiger partial charge in [-0.25, -0.2) is 9.78 Å². The molecule has 0 bridgehead atoms. The molecule has 1 aromatic heterocycles. The number of piperazine rings is 1. The summed E-state index contributed by atoms with van der Waals surface area (Å²) in [5.41, 5.74) is 0.119. The molecule has 12 nitrogen and oxygen atoms in total. The number of urea groups is 1. The zero-order valence-corrected chi connectivity index (χ0v) is 17.7. The van der Waals surface area contributed by atoms with Gasteiger partial charge in [0.05, 0.1) is 26.0 Å². The number of aromatic nitrogens is 2. The molecule has 0 radical (unpaired) electrons. The number of carbonyl (C=O) groups excluding carboxylic acids is 4. The molecule has 32 heavy (non-hydrogen) atoms. The first kappa shape index (κ1) is 21.9. The van der Waals surface area contributed by atoms with Crippen LogP contribution in [0.2, 0.25) is 0 Å². The van der Waals surface area contributed by atoms with Crippen LogP contribution in [0.4, 0.5) is 4.79 Å². The van der Waals surface area contributed by atoms with Crippen LogP contribution in [0.25, 0.3) is 0 Å². The number of nitrogens with one attached hydrogen (secondary N) is 2. The summed E-state index contributed by atoms with van der Waals surface area (Å²) in [5.74, 6) is -1.15. The summed E-state index contributed by atoms with van der Waals surface area (Å²) in [6, 6.07) is -1.79. The summed E-state index contributed by atoms with van der Waals surface area (Å²) in [6.45, 7) is 2.97. The Labute approximate surface area is 185 Å². The number of morpholine rings is 1. The molecule has 3 aliphatic rings.